The van der Waals surface area contributed by atoms with Crippen LogP contribution in [0.15, 0.2) is 27.5 Å². The van der Waals surface area contributed by atoms with E-state index in [0.29, 0.717) is 16.5 Å². The van der Waals surface area contributed by atoms with Gasteiger partial charge in [0, 0.05) is 22.3 Å². The molecule has 0 bridgehead atoms. The number of oxazole rings is 1. The number of thioether (sulfide) groups is 1. The van der Waals surface area contributed by atoms with Crippen molar-refractivity contribution in [1.82, 2.24) is 10.3 Å². The molecule has 0 fully saturated rings. The van der Waals surface area contributed by atoms with Crippen LogP contribution in [0, 0.1) is 24.0 Å². The number of carbonyl (C=O) groups is 1. The number of nitrogens with zero attached hydrogens (tertiary/aromatic N) is 2. The van der Waals surface area contributed by atoms with Crippen LogP contribution in [0.3, 0.4) is 0 Å². The quantitative estimate of drug-likeness (QED) is 0.486. The summed E-state index contributed by atoms with van der Waals surface area (Å²) < 4.78 is 5.42. The van der Waals surface area contributed by atoms with Gasteiger partial charge in [-0.3, -0.25) is 14.9 Å². The second-order valence-corrected chi connectivity index (χ2v) is 7.15. The second kappa shape index (κ2) is 7.48. The van der Waals surface area contributed by atoms with Gasteiger partial charge in [-0.15, -0.1) is 11.8 Å². The maximum Gasteiger partial charge on any atom is 0.270 e. The molecule has 0 spiro atoms. The van der Waals surface area contributed by atoms with E-state index in [-0.39, 0.29) is 23.0 Å². The molecule has 8 heteroatoms. The third-order valence-corrected chi connectivity index (χ3v) is 4.34. The van der Waals surface area contributed by atoms with E-state index in [0.717, 1.165) is 5.69 Å². The van der Waals surface area contributed by atoms with Gasteiger partial charge in [-0.1, -0.05) is 13.8 Å². The van der Waals surface area contributed by atoms with Crippen LogP contribution in [0.25, 0.3) is 0 Å². The SMILES string of the molecule is Cc1nc(CNC(=O)c2cc([N+](=O)[O-])ccc2SC(C)C)oc1C. The van der Waals surface area contributed by atoms with Crippen molar-refractivity contribution in [2.24, 2.45) is 0 Å². The number of benzene rings is 1. The number of hydrogen-bond donors (Lipinski definition) is 1. The molecule has 2 aromatic rings. The van der Waals surface area contributed by atoms with E-state index in [1.54, 1.807) is 13.0 Å². The number of carbonyl (C=O) groups excluding carboxylic acids is 1. The Labute approximate surface area is 144 Å². The molecule has 0 unspecified atom stereocenters. The molecule has 0 aliphatic rings. The Bertz CT molecular complexity index is 751. The lowest BCUT2D eigenvalue weighted by molar-refractivity contribution is -0.384. The van der Waals surface area contributed by atoms with E-state index in [1.165, 1.54) is 23.9 Å². The third kappa shape index (κ3) is 4.35. The molecule has 0 atom stereocenters. The molecular formula is C16H19N3O4S. The molecule has 128 valence electrons. The first-order valence-electron chi connectivity index (χ1n) is 7.44. The Morgan fingerprint density at radius 2 is 2.12 bits per heavy atom. The Morgan fingerprint density at radius 1 is 1.42 bits per heavy atom. The van der Waals surface area contributed by atoms with Gasteiger partial charge in [0.25, 0.3) is 11.6 Å². The highest BCUT2D eigenvalue weighted by molar-refractivity contribution is 8.00. The standard InChI is InChI=1S/C16H19N3O4S/c1-9(2)24-14-6-5-12(19(21)22)7-13(14)16(20)17-8-15-18-10(3)11(4)23-15/h5-7,9H,8H2,1-4H3,(H,17,20). The smallest absolute Gasteiger partial charge is 0.270 e. The van der Waals surface area contributed by atoms with Gasteiger partial charge in [0.2, 0.25) is 5.89 Å². The number of aryl methyl sites for hydroxylation is 2. The average molecular weight is 349 g/mol. The molecule has 1 aromatic heterocycles. The van der Waals surface area contributed by atoms with Crippen molar-refractivity contribution in [2.75, 3.05) is 0 Å². The number of hydrogen-bond acceptors (Lipinski definition) is 6. The lowest BCUT2D eigenvalue weighted by Gasteiger charge is -2.11. The van der Waals surface area contributed by atoms with Gasteiger partial charge in [0.05, 0.1) is 22.7 Å². The maximum absolute atomic E-state index is 12.5. The summed E-state index contributed by atoms with van der Waals surface area (Å²) in [6.07, 6.45) is 0. The fraction of sp³-hybridized carbons (Fsp3) is 0.375. The zero-order valence-electron chi connectivity index (χ0n) is 14.0. The third-order valence-electron chi connectivity index (χ3n) is 3.25. The average Bonchev–Trinajstić information content (AvgIpc) is 2.83. The van der Waals surface area contributed by atoms with Crippen molar-refractivity contribution < 1.29 is 14.1 Å². The highest BCUT2D eigenvalue weighted by Crippen LogP contribution is 2.29. The molecule has 1 amide bonds. The number of non-ortho nitro benzene ring substituents is 1. The lowest BCUT2D eigenvalue weighted by atomic mass is 10.2. The number of nitro groups is 1. The van der Waals surface area contributed by atoms with E-state index in [9.17, 15) is 14.9 Å². The minimum Gasteiger partial charge on any atom is -0.444 e. The molecule has 0 saturated heterocycles. The van der Waals surface area contributed by atoms with Gasteiger partial charge in [-0.2, -0.15) is 0 Å². The number of aromatic nitrogens is 1. The summed E-state index contributed by atoms with van der Waals surface area (Å²) in [5.74, 6) is 0.711. The summed E-state index contributed by atoms with van der Waals surface area (Å²) in [7, 11) is 0. The normalized spacial score (nSPS) is 10.9. The largest absolute Gasteiger partial charge is 0.444 e. The Kier molecular flexibility index (Phi) is 5.61. The summed E-state index contributed by atoms with van der Waals surface area (Å²) in [6.45, 7) is 7.73. The summed E-state index contributed by atoms with van der Waals surface area (Å²) >= 11 is 1.48. The summed E-state index contributed by atoms with van der Waals surface area (Å²) in [6, 6.07) is 4.31. The molecule has 1 aromatic carbocycles. The predicted molar refractivity (Wildman–Crippen MR) is 91.2 cm³/mol. The summed E-state index contributed by atoms with van der Waals surface area (Å²) in [4.78, 5) is 27.8. The van der Waals surface area contributed by atoms with Crippen molar-refractivity contribution in [1.29, 1.82) is 0 Å². The first-order chi connectivity index (χ1) is 11.3. The van der Waals surface area contributed by atoms with Crippen molar-refractivity contribution in [3.05, 3.63) is 51.2 Å². The van der Waals surface area contributed by atoms with E-state index in [1.807, 2.05) is 20.8 Å². The number of nitrogens with one attached hydrogen (secondary N) is 1. The van der Waals surface area contributed by atoms with Gasteiger partial charge in [-0.25, -0.2) is 4.98 Å². The molecule has 24 heavy (non-hydrogen) atoms. The van der Waals surface area contributed by atoms with Gasteiger partial charge < -0.3 is 9.73 Å². The molecule has 0 aliphatic carbocycles. The van der Waals surface area contributed by atoms with Crippen molar-refractivity contribution >= 4 is 23.4 Å². The van der Waals surface area contributed by atoms with Crippen molar-refractivity contribution in [2.45, 2.75) is 44.4 Å². The van der Waals surface area contributed by atoms with E-state index >= 15 is 0 Å². The molecule has 1 N–H and O–H groups in total. The van der Waals surface area contributed by atoms with Crippen LogP contribution in [-0.2, 0) is 6.54 Å². The van der Waals surface area contributed by atoms with Crippen LogP contribution in [0.1, 0.15) is 41.6 Å². The highest BCUT2D eigenvalue weighted by atomic mass is 32.2. The topological polar surface area (TPSA) is 98.3 Å². The van der Waals surface area contributed by atoms with Crippen LogP contribution < -0.4 is 5.32 Å². The van der Waals surface area contributed by atoms with Crippen LogP contribution in [0.4, 0.5) is 5.69 Å². The second-order valence-electron chi connectivity index (χ2n) is 5.54. The van der Waals surface area contributed by atoms with Gasteiger partial charge >= 0.3 is 0 Å². The lowest BCUT2D eigenvalue weighted by Crippen LogP contribution is -2.23. The van der Waals surface area contributed by atoms with Gasteiger partial charge in [0.1, 0.15) is 5.76 Å². The molecule has 0 saturated carbocycles. The number of nitro benzene ring substituents is 1. The van der Waals surface area contributed by atoms with Crippen LogP contribution in [-0.4, -0.2) is 21.1 Å². The minimum absolute atomic E-state index is 0.115. The molecule has 7 nitrogen and oxygen atoms in total. The molecule has 2 rings (SSSR count). The van der Waals surface area contributed by atoms with Crippen LogP contribution >= 0.6 is 11.8 Å². The molecular weight excluding hydrogens is 330 g/mol. The van der Waals surface area contributed by atoms with Crippen molar-refractivity contribution in [3.8, 4) is 0 Å². The van der Waals surface area contributed by atoms with Crippen LogP contribution in [0.5, 0.6) is 0 Å². The minimum atomic E-state index is -0.512. The van der Waals surface area contributed by atoms with Crippen LogP contribution in [0.2, 0.25) is 0 Å². The highest BCUT2D eigenvalue weighted by Gasteiger charge is 2.18. The number of rotatable bonds is 6. The Morgan fingerprint density at radius 3 is 2.67 bits per heavy atom. The fourth-order valence-corrected chi connectivity index (χ4v) is 2.96. The zero-order valence-corrected chi connectivity index (χ0v) is 14.8. The molecule has 0 radical (unpaired) electrons. The van der Waals surface area contributed by atoms with E-state index in [4.69, 9.17) is 4.42 Å². The Balaban J connectivity index is 2.21. The Hall–Kier alpha value is -2.35. The summed E-state index contributed by atoms with van der Waals surface area (Å²) in [5.41, 5.74) is 0.935. The molecule has 0 aliphatic heterocycles. The first kappa shape index (κ1) is 18.0. The first-order valence-corrected chi connectivity index (χ1v) is 8.32. The van der Waals surface area contributed by atoms with Crippen molar-refractivity contribution in [3.63, 3.8) is 0 Å². The zero-order chi connectivity index (χ0) is 17.9. The molecule has 1 heterocycles. The van der Waals surface area contributed by atoms with E-state index < -0.39 is 10.8 Å². The summed E-state index contributed by atoms with van der Waals surface area (Å²) in [5, 5.41) is 13.9. The van der Waals surface area contributed by atoms with Gasteiger partial charge in [-0.05, 0) is 19.9 Å². The fourth-order valence-electron chi connectivity index (χ4n) is 2.03. The maximum atomic E-state index is 12.5. The predicted octanol–water partition coefficient (Wildman–Crippen LogP) is 3.63. The monoisotopic (exact) mass is 349 g/mol. The van der Waals surface area contributed by atoms with Gasteiger partial charge in [0.15, 0.2) is 0 Å². The number of amides is 1. The van der Waals surface area contributed by atoms with E-state index in [2.05, 4.69) is 10.3 Å².